The second kappa shape index (κ2) is 12.5. The molecule has 0 aliphatic carbocycles. The van der Waals surface area contributed by atoms with Gasteiger partial charge < -0.3 is 9.94 Å². The number of aliphatic hydroxyl groups is 1. The van der Waals surface area contributed by atoms with Crippen LogP contribution in [0.5, 0.6) is 0 Å². The van der Waals surface area contributed by atoms with Crippen molar-refractivity contribution in [2.45, 2.75) is 58.3 Å². The number of aliphatic hydroxyl groups excluding tert-OH is 1. The Hall–Kier alpha value is -0.610. The van der Waals surface area contributed by atoms with E-state index in [1.165, 1.54) is 25.7 Å². The molecule has 0 aromatic heterocycles. The van der Waals surface area contributed by atoms with Crippen LogP contribution in [-0.2, 0) is 9.63 Å². The van der Waals surface area contributed by atoms with Crippen LogP contribution < -0.4 is 5.48 Å². The van der Waals surface area contributed by atoms with Gasteiger partial charge in [0, 0.05) is 19.6 Å². The molecular formula is C12H25NO3. The van der Waals surface area contributed by atoms with E-state index < -0.39 is 0 Å². The number of hydrogen-bond acceptors (Lipinski definition) is 4. The zero-order valence-corrected chi connectivity index (χ0v) is 10.3. The fourth-order valence-electron chi connectivity index (χ4n) is 1.38. The molecule has 0 saturated carbocycles. The summed E-state index contributed by atoms with van der Waals surface area (Å²) in [5, 5.41) is 8.50. The summed E-state index contributed by atoms with van der Waals surface area (Å²) in [5.74, 6) is -0.201. The molecule has 0 aliphatic heterocycles. The molecule has 4 nitrogen and oxygen atoms in total. The van der Waals surface area contributed by atoms with E-state index in [4.69, 9.17) is 9.94 Å². The first kappa shape index (κ1) is 15.4. The van der Waals surface area contributed by atoms with E-state index in [0.717, 1.165) is 12.8 Å². The number of carbonyl (C=O) groups is 1. The molecule has 4 heteroatoms. The number of hydroxylamine groups is 1. The lowest BCUT2D eigenvalue weighted by atomic mass is 10.1. The molecule has 0 spiro atoms. The van der Waals surface area contributed by atoms with E-state index in [2.05, 4.69) is 12.4 Å². The van der Waals surface area contributed by atoms with E-state index in [1.54, 1.807) is 0 Å². The summed E-state index contributed by atoms with van der Waals surface area (Å²) in [6, 6.07) is 0. The molecule has 0 radical (unpaired) electrons. The molecule has 0 heterocycles. The smallest absolute Gasteiger partial charge is 0.324 e. The van der Waals surface area contributed by atoms with Gasteiger partial charge in [-0.2, -0.15) is 5.48 Å². The minimum absolute atomic E-state index is 0.113. The van der Waals surface area contributed by atoms with Crippen LogP contribution in [0, 0.1) is 0 Å². The van der Waals surface area contributed by atoms with Crippen LogP contribution in [0.1, 0.15) is 58.3 Å². The van der Waals surface area contributed by atoms with Gasteiger partial charge in [0.25, 0.3) is 0 Å². The largest absolute Gasteiger partial charge is 0.396 e. The van der Waals surface area contributed by atoms with Crippen molar-refractivity contribution in [3.05, 3.63) is 0 Å². The van der Waals surface area contributed by atoms with Gasteiger partial charge in [-0.1, -0.05) is 39.0 Å². The maximum absolute atomic E-state index is 11.1. The average molecular weight is 231 g/mol. The van der Waals surface area contributed by atoms with E-state index in [9.17, 15) is 4.79 Å². The first-order valence-corrected chi connectivity index (χ1v) is 6.34. The highest BCUT2D eigenvalue weighted by atomic mass is 16.7. The van der Waals surface area contributed by atoms with E-state index in [0.29, 0.717) is 19.4 Å². The normalized spacial score (nSPS) is 10.4. The highest BCUT2D eigenvalue weighted by Crippen LogP contribution is 2.06. The van der Waals surface area contributed by atoms with E-state index in [1.807, 2.05) is 0 Å². The number of hydrogen-bond donors (Lipinski definition) is 2. The van der Waals surface area contributed by atoms with Crippen molar-refractivity contribution in [1.82, 2.24) is 5.48 Å². The maximum atomic E-state index is 11.1. The topological polar surface area (TPSA) is 58.6 Å². The van der Waals surface area contributed by atoms with Crippen LogP contribution >= 0.6 is 0 Å². The summed E-state index contributed by atoms with van der Waals surface area (Å²) >= 11 is 0. The molecule has 0 bridgehead atoms. The van der Waals surface area contributed by atoms with Crippen LogP contribution in [0.4, 0.5) is 0 Å². The standard InChI is InChI=1S/C12H25NO3/c1-2-3-4-5-6-7-9-12(15)16-13-10-8-11-14/h13-14H,2-11H2,1H3. The molecule has 0 rings (SSSR count). The van der Waals surface area contributed by atoms with Gasteiger partial charge in [0.2, 0.25) is 0 Å². The van der Waals surface area contributed by atoms with Crippen molar-refractivity contribution in [2.24, 2.45) is 0 Å². The molecule has 0 atom stereocenters. The van der Waals surface area contributed by atoms with Crippen molar-refractivity contribution in [3.8, 4) is 0 Å². The van der Waals surface area contributed by atoms with Crippen molar-refractivity contribution in [3.63, 3.8) is 0 Å². The van der Waals surface area contributed by atoms with Crippen LogP contribution in [-0.4, -0.2) is 24.2 Å². The molecule has 0 saturated heterocycles. The molecule has 0 aromatic rings. The number of carbonyl (C=O) groups excluding carboxylic acids is 1. The Morgan fingerprint density at radius 2 is 1.81 bits per heavy atom. The molecule has 2 N–H and O–H groups in total. The van der Waals surface area contributed by atoms with Gasteiger partial charge in [-0.3, -0.25) is 4.79 Å². The lowest BCUT2D eigenvalue weighted by Gasteiger charge is -2.04. The third-order valence-electron chi connectivity index (χ3n) is 2.36. The predicted octanol–water partition coefficient (Wildman–Crippen LogP) is 2.17. The molecular weight excluding hydrogens is 206 g/mol. The van der Waals surface area contributed by atoms with Crippen molar-refractivity contribution >= 4 is 5.97 Å². The Morgan fingerprint density at radius 1 is 1.12 bits per heavy atom. The zero-order valence-electron chi connectivity index (χ0n) is 10.3. The van der Waals surface area contributed by atoms with Gasteiger partial charge in [-0.25, -0.2) is 0 Å². The SMILES string of the molecule is CCCCCCCCC(=O)ONCCCO. The second-order valence-corrected chi connectivity index (χ2v) is 3.96. The Balaban J connectivity index is 3.11. The highest BCUT2D eigenvalue weighted by Gasteiger charge is 2.01. The van der Waals surface area contributed by atoms with Crippen LogP contribution in [0.15, 0.2) is 0 Å². The summed E-state index contributed by atoms with van der Waals surface area (Å²) in [5.41, 5.74) is 2.54. The number of unbranched alkanes of at least 4 members (excludes halogenated alkanes) is 5. The van der Waals surface area contributed by atoms with E-state index >= 15 is 0 Å². The quantitative estimate of drug-likeness (QED) is 0.422. The lowest BCUT2D eigenvalue weighted by Crippen LogP contribution is -2.21. The Bertz CT molecular complexity index is 162. The fraction of sp³-hybridized carbons (Fsp3) is 0.917. The van der Waals surface area contributed by atoms with Crippen LogP contribution in [0.25, 0.3) is 0 Å². The lowest BCUT2D eigenvalue weighted by molar-refractivity contribution is -0.151. The molecule has 0 amide bonds. The third-order valence-corrected chi connectivity index (χ3v) is 2.36. The molecule has 0 unspecified atom stereocenters. The summed E-state index contributed by atoms with van der Waals surface area (Å²) in [7, 11) is 0. The average Bonchev–Trinajstić information content (AvgIpc) is 2.29. The van der Waals surface area contributed by atoms with Gasteiger partial charge in [0.1, 0.15) is 0 Å². The Labute approximate surface area is 98.3 Å². The second-order valence-electron chi connectivity index (χ2n) is 3.96. The predicted molar refractivity (Wildman–Crippen MR) is 63.8 cm³/mol. The van der Waals surface area contributed by atoms with Crippen LogP contribution in [0.2, 0.25) is 0 Å². The monoisotopic (exact) mass is 231 g/mol. The molecule has 16 heavy (non-hydrogen) atoms. The molecule has 0 aliphatic rings. The molecule has 0 aromatic carbocycles. The van der Waals surface area contributed by atoms with Crippen molar-refractivity contribution in [2.75, 3.05) is 13.2 Å². The van der Waals surface area contributed by atoms with E-state index in [-0.39, 0.29) is 12.6 Å². The minimum atomic E-state index is -0.201. The van der Waals surface area contributed by atoms with Gasteiger partial charge in [0.05, 0.1) is 0 Å². The van der Waals surface area contributed by atoms with Gasteiger partial charge in [-0.05, 0) is 12.8 Å². The van der Waals surface area contributed by atoms with Crippen molar-refractivity contribution in [1.29, 1.82) is 0 Å². The summed E-state index contributed by atoms with van der Waals surface area (Å²) in [6.07, 6.45) is 8.10. The number of nitrogens with one attached hydrogen (secondary N) is 1. The first-order chi connectivity index (χ1) is 7.81. The van der Waals surface area contributed by atoms with Gasteiger partial charge in [-0.15, -0.1) is 0 Å². The summed E-state index contributed by atoms with van der Waals surface area (Å²) in [4.78, 5) is 15.9. The Morgan fingerprint density at radius 3 is 2.50 bits per heavy atom. The zero-order chi connectivity index (χ0) is 12.1. The van der Waals surface area contributed by atoms with Crippen LogP contribution in [0.3, 0.4) is 0 Å². The van der Waals surface area contributed by atoms with Gasteiger partial charge >= 0.3 is 5.97 Å². The minimum Gasteiger partial charge on any atom is -0.396 e. The molecule has 96 valence electrons. The third kappa shape index (κ3) is 11.5. The fourth-order valence-corrected chi connectivity index (χ4v) is 1.38. The molecule has 0 fully saturated rings. The maximum Gasteiger partial charge on any atom is 0.324 e. The summed E-state index contributed by atoms with van der Waals surface area (Å²) in [6.45, 7) is 2.82. The Kier molecular flexibility index (Phi) is 12.0. The summed E-state index contributed by atoms with van der Waals surface area (Å²) < 4.78 is 0. The van der Waals surface area contributed by atoms with Gasteiger partial charge in [0.15, 0.2) is 0 Å². The highest BCUT2D eigenvalue weighted by molar-refractivity contribution is 5.68. The number of rotatable bonds is 11. The first-order valence-electron chi connectivity index (χ1n) is 6.34. The van der Waals surface area contributed by atoms with Crippen molar-refractivity contribution < 1.29 is 14.7 Å².